The van der Waals surface area contributed by atoms with Crippen LogP contribution in [0.1, 0.15) is 92.5 Å². The average Bonchev–Trinajstić information content (AvgIpc) is 3.71. The molecule has 2 aliphatic rings. The molecule has 0 amide bonds. The molecule has 0 radical (unpaired) electrons. The largest absolute Gasteiger partial charge is 0.273 e. The number of allylic oxidation sites excluding steroid dienone is 4. The van der Waals surface area contributed by atoms with Crippen LogP contribution in [-0.2, 0) is 49.1 Å². The molecule has 0 fully saturated rings. The number of hydrogen-bond acceptors (Lipinski definition) is 0. The molecule has 0 saturated heterocycles. The Kier molecular flexibility index (Phi) is 17.0. The van der Waals surface area contributed by atoms with Gasteiger partial charge in [0.25, 0.3) is 0 Å². The van der Waals surface area contributed by atoms with Crippen molar-refractivity contribution in [3.05, 3.63) is 154 Å². The number of fused-ring (bicyclic) bond motifs is 3. The Morgan fingerprint density at radius 3 is 1.46 bits per heavy atom. The number of rotatable bonds is 2. The molecule has 4 aromatic carbocycles. The normalized spacial score (nSPS) is 13.1. The Bertz CT molecular complexity index is 1670. The van der Waals surface area contributed by atoms with E-state index in [1.807, 2.05) is 60.7 Å². The van der Waals surface area contributed by atoms with Crippen LogP contribution in [0, 0.1) is 12.1 Å². The predicted molar refractivity (Wildman–Crippen MR) is 222 cm³/mol. The van der Waals surface area contributed by atoms with Gasteiger partial charge in [-0.05, 0) is 17.4 Å². The molecular weight excluding hydrogens is 867 g/mol. The van der Waals surface area contributed by atoms with E-state index in [0.29, 0.717) is 11.1 Å². The minimum Gasteiger partial charge on any atom is -0.273 e. The molecule has 6 rings (SSSR count). The summed E-state index contributed by atoms with van der Waals surface area (Å²) in [6.07, 6.45) is 11.0. The van der Waals surface area contributed by atoms with Crippen LogP contribution in [0.15, 0.2) is 97.1 Å². The van der Waals surface area contributed by atoms with E-state index in [2.05, 4.69) is 90.1 Å². The van der Waals surface area contributed by atoms with Crippen LogP contribution in [0.3, 0.4) is 0 Å². The third kappa shape index (κ3) is 12.5. The van der Waals surface area contributed by atoms with Crippen molar-refractivity contribution in [1.29, 1.82) is 0 Å². The molecule has 0 unspecified atom stereocenters. The van der Waals surface area contributed by atoms with Crippen molar-refractivity contribution in [2.45, 2.75) is 72.8 Å². The minimum atomic E-state index is -1.41. The first-order valence-corrected chi connectivity index (χ1v) is 19.1. The first-order chi connectivity index (χ1) is 22.2. The number of halogens is 8. The number of hydrogen-bond donors (Lipinski definition) is 0. The van der Waals surface area contributed by atoms with Gasteiger partial charge in [0.05, 0.1) is 0 Å². The standard InChI is InChI=1S/C21H25.C15H8Cl6.C5H5.2ClH.Zr/c1-20(2,3)16-9-7-14-11-15-8-10-17(21(4,5)6)13-19(15)18(14)12-16;16-14(17,18)12-5-1-10(2-6-12)9-11-3-7-13(8-4-11)15(19,20)21;1-2-4-5-3-1;;;/h7,9-10,12-13H,11H2,1-6H3;1-8H;1-3H,4H2;2*1H;/q-1;;-1;;;+2. The summed E-state index contributed by atoms with van der Waals surface area (Å²) in [5.41, 5.74) is 12.2. The molecule has 9 heteroatoms. The molecule has 2 aliphatic carbocycles. The van der Waals surface area contributed by atoms with Crippen molar-refractivity contribution in [2.75, 3.05) is 0 Å². The Labute approximate surface area is 356 Å². The van der Waals surface area contributed by atoms with Gasteiger partial charge in [-0.15, -0.1) is 36.8 Å². The summed E-state index contributed by atoms with van der Waals surface area (Å²) in [5, 5.41) is 0. The second-order valence-corrected chi connectivity index (χ2v) is 19.6. The molecule has 0 N–H and O–H groups in total. The van der Waals surface area contributed by atoms with Gasteiger partial charge in [0.2, 0.25) is 0 Å². The number of benzene rings is 4. The van der Waals surface area contributed by atoms with Crippen LogP contribution in [-0.4, -0.2) is 3.21 Å². The molecule has 0 heterocycles. The van der Waals surface area contributed by atoms with Gasteiger partial charge in [0.1, 0.15) is 0 Å². The quantitative estimate of drug-likeness (QED) is 0.122. The van der Waals surface area contributed by atoms with Gasteiger partial charge in [-0.3, -0.25) is 6.08 Å². The summed E-state index contributed by atoms with van der Waals surface area (Å²) >= 11 is 36.4. The van der Waals surface area contributed by atoms with Crippen molar-refractivity contribution in [2.24, 2.45) is 0 Å². The molecule has 0 aliphatic heterocycles. The smallest absolute Gasteiger partial charge is 0.109 e. The van der Waals surface area contributed by atoms with Crippen molar-refractivity contribution in [3.63, 3.8) is 0 Å². The van der Waals surface area contributed by atoms with E-state index in [4.69, 9.17) is 69.6 Å². The maximum Gasteiger partial charge on any atom is -0.109 e. The molecule has 264 valence electrons. The van der Waals surface area contributed by atoms with E-state index in [1.54, 1.807) is 0 Å². The van der Waals surface area contributed by atoms with E-state index < -0.39 is 7.59 Å². The first-order valence-electron chi connectivity index (χ1n) is 15.6. The van der Waals surface area contributed by atoms with E-state index in [1.165, 1.54) is 60.8 Å². The van der Waals surface area contributed by atoms with Crippen molar-refractivity contribution < 1.29 is 24.2 Å². The predicted octanol–water partition coefficient (Wildman–Crippen LogP) is 14.3. The molecule has 0 aromatic heterocycles. The Morgan fingerprint density at radius 1 is 0.620 bits per heavy atom. The summed E-state index contributed by atoms with van der Waals surface area (Å²) in [6, 6.07) is 30.0. The van der Waals surface area contributed by atoms with Crippen LogP contribution >= 0.6 is 94.4 Å². The molecule has 0 spiro atoms. The zero-order valence-corrected chi connectivity index (χ0v) is 37.4. The van der Waals surface area contributed by atoms with Gasteiger partial charge in [-0.2, -0.15) is 35.4 Å². The summed E-state index contributed by atoms with van der Waals surface area (Å²) in [7, 11) is 0. The molecule has 0 saturated carbocycles. The van der Waals surface area contributed by atoms with Gasteiger partial charge in [-0.25, -0.2) is 12.2 Å². The van der Waals surface area contributed by atoms with Crippen molar-refractivity contribution in [1.82, 2.24) is 0 Å². The zero-order chi connectivity index (χ0) is 35.5. The van der Waals surface area contributed by atoms with Gasteiger partial charge < -0.3 is 0 Å². The van der Waals surface area contributed by atoms with E-state index in [0.717, 1.165) is 24.0 Å². The van der Waals surface area contributed by atoms with Crippen LogP contribution in [0.5, 0.6) is 0 Å². The fraction of sp³-hybridized carbons (Fsp3) is 0.293. The van der Waals surface area contributed by atoms with E-state index >= 15 is 0 Å². The molecular formula is C41H40Cl8Zr. The number of alkyl halides is 6. The minimum absolute atomic E-state index is 0. The SMILES string of the molecule is CC(C)(C)c1c[c-]c2c(c1)-c1cc(C(C)(C)C)ccc1C2.Cl.Cl.ClC(Cl)(Cl)c1ccc([C](=[Zr+2])c2ccc(C(Cl)(Cl)Cl)cc2)cc1.[C-]1=CC=CC1. The second kappa shape index (κ2) is 18.7. The Balaban J connectivity index is 0.000000293. The van der Waals surface area contributed by atoms with Gasteiger partial charge in [0, 0.05) is 0 Å². The average molecular weight is 908 g/mol. The van der Waals surface area contributed by atoms with Gasteiger partial charge >= 0.3 is 175 Å². The fourth-order valence-electron chi connectivity index (χ4n) is 5.14. The second-order valence-electron chi connectivity index (χ2n) is 13.9. The topological polar surface area (TPSA) is 0 Å². The summed E-state index contributed by atoms with van der Waals surface area (Å²) in [6.45, 7) is 13.6. The maximum absolute atomic E-state index is 5.86. The van der Waals surface area contributed by atoms with E-state index in [9.17, 15) is 0 Å². The third-order valence-corrected chi connectivity index (χ3v) is 10.8. The van der Waals surface area contributed by atoms with Crippen molar-refractivity contribution in [3.8, 4) is 11.1 Å². The van der Waals surface area contributed by atoms with Crippen LogP contribution < -0.4 is 0 Å². The monoisotopic (exact) mass is 902 g/mol. The maximum atomic E-state index is 5.86. The van der Waals surface area contributed by atoms with Gasteiger partial charge in [0.15, 0.2) is 0 Å². The van der Waals surface area contributed by atoms with E-state index in [-0.39, 0.29) is 35.6 Å². The third-order valence-electron chi connectivity index (χ3n) is 8.11. The summed E-state index contributed by atoms with van der Waals surface area (Å²) in [5.74, 6) is 0. The fourth-order valence-corrected chi connectivity index (χ4v) is 6.72. The molecule has 0 nitrogen and oxygen atoms in total. The molecule has 4 aromatic rings. The Hall–Kier alpha value is -0.567. The van der Waals surface area contributed by atoms with Crippen LogP contribution in [0.2, 0.25) is 0 Å². The molecule has 0 bridgehead atoms. The Morgan fingerprint density at radius 2 is 1.08 bits per heavy atom. The van der Waals surface area contributed by atoms with Crippen LogP contribution in [0.25, 0.3) is 11.1 Å². The van der Waals surface area contributed by atoms with Crippen LogP contribution in [0.4, 0.5) is 0 Å². The summed E-state index contributed by atoms with van der Waals surface area (Å²) < 4.78 is -1.66. The van der Waals surface area contributed by atoms with Gasteiger partial charge in [-0.1, -0.05) is 76.3 Å². The first kappa shape index (κ1) is 45.6. The molecule has 50 heavy (non-hydrogen) atoms. The molecule has 0 atom stereocenters. The van der Waals surface area contributed by atoms with Crippen molar-refractivity contribution >= 4 is 97.6 Å². The summed E-state index contributed by atoms with van der Waals surface area (Å²) in [4.78, 5) is 0. The zero-order valence-electron chi connectivity index (χ0n) is 28.7.